The molecule has 4 nitrogen and oxygen atoms in total. The highest BCUT2D eigenvalue weighted by Gasteiger charge is 2.03. The molecule has 0 spiro atoms. The number of thioether (sulfide) groups is 1. The lowest BCUT2D eigenvalue weighted by Gasteiger charge is -2.07. The molecule has 0 unspecified atom stereocenters. The van der Waals surface area contributed by atoms with Crippen LogP contribution in [0.5, 0.6) is 0 Å². The molecule has 0 aromatic carbocycles. The monoisotopic (exact) mass is 198 g/mol. The molecule has 0 aliphatic heterocycles. The first kappa shape index (κ1) is 10.3. The first-order valence-electron chi connectivity index (χ1n) is 4.09. The van der Waals surface area contributed by atoms with E-state index in [4.69, 9.17) is 5.73 Å². The quantitative estimate of drug-likeness (QED) is 0.552. The SMILES string of the molecule is CNc1nc(SC)ncc1CCN. The van der Waals surface area contributed by atoms with E-state index in [1.54, 1.807) is 0 Å². The van der Waals surface area contributed by atoms with Crippen molar-refractivity contribution < 1.29 is 0 Å². The van der Waals surface area contributed by atoms with Crippen LogP contribution in [-0.4, -0.2) is 29.8 Å². The molecule has 0 saturated carbocycles. The predicted molar refractivity (Wildman–Crippen MR) is 56.1 cm³/mol. The van der Waals surface area contributed by atoms with E-state index in [9.17, 15) is 0 Å². The fourth-order valence-electron chi connectivity index (χ4n) is 1.04. The van der Waals surface area contributed by atoms with Gasteiger partial charge in [-0.3, -0.25) is 0 Å². The molecule has 1 heterocycles. The van der Waals surface area contributed by atoms with Crippen LogP contribution in [0.1, 0.15) is 5.56 Å². The lowest BCUT2D eigenvalue weighted by Crippen LogP contribution is -2.07. The van der Waals surface area contributed by atoms with Gasteiger partial charge in [0.25, 0.3) is 0 Å². The zero-order valence-corrected chi connectivity index (χ0v) is 8.69. The molecule has 0 atom stereocenters. The van der Waals surface area contributed by atoms with Crippen molar-refractivity contribution in [1.29, 1.82) is 0 Å². The van der Waals surface area contributed by atoms with Gasteiger partial charge < -0.3 is 11.1 Å². The average Bonchev–Trinajstić information content (AvgIpc) is 2.19. The van der Waals surface area contributed by atoms with Crippen LogP contribution >= 0.6 is 11.8 Å². The minimum atomic E-state index is 0.622. The van der Waals surface area contributed by atoms with Crippen molar-refractivity contribution in [3.05, 3.63) is 11.8 Å². The Hall–Kier alpha value is -0.810. The van der Waals surface area contributed by atoms with E-state index in [2.05, 4.69) is 15.3 Å². The predicted octanol–water partition coefficient (Wildman–Crippen LogP) is 0.741. The highest BCUT2D eigenvalue weighted by atomic mass is 32.2. The summed E-state index contributed by atoms with van der Waals surface area (Å²) < 4.78 is 0. The third-order valence-electron chi connectivity index (χ3n) is 1.68. The van der Waals surface area contributed by atoms with Crippen LogP contribution < -0.4 is 11.1 Å². The molecule has 0 bridgehead atoms. The summed E-state index contributed by atoms with van der Waals surface area (Å²) >= 11 is 1.53. The van der Waals surface area contributed by atoms with Gasteiger partial charge in [0, 0.05) is 18.8 Å². The third-order valence-corrected chi connectivity index (χ3v) is 2.24. The summed E-state index contributed by atoms with van der Waals surface area (Å²) in [5.41, 5.74) is 6.54. The number of aromatic nitrogens is 2. The Labute approximate surface area is 82.3 Å². The van der Waals surface area contributed by atoms with Crippen LogP contribution in [0.15, 0.2) is 11.4 Å². The minimum absolute atomic E-state index is 0.622. The van der Waals surface area contributed by atoms with Gasteiger partial charge in [-0.25, -0.2) is 9.97 Å². The largest absolute Gasteiger partial charge is 0.373 e. The van der Waals surface area contributed by atoms with Gasteiger partial charge in [-0.05, 0) is 19.2 Å². The lowest BCUT2D eigenvalue weighted by atomic mass is 10.2. The van der Waals surface area contributed by atoms with Gasteiger partial charge in [-0.1, -0.05) is 11.8 Å². The number of hydrogen-bond acceptors (Lipinski definition) is 5. The van der Waals surface area contributed by atoms with Crippen molar-refractivity contribution in [2.75, 3.05) is 25.2 Å². The molecule has 0 aliphatic rings. The van der Waals surface area contributed by atoms with Crippen molar-refractivity contribution in [3.63, 3.8) is 0 Å². The fraction of sp³-hybridized carbons (Fsp3) is 0.500. The molecule has 1 aromatic heterocycles. The maximum Gasteiger partial charge on any atom is 0.189 e. The first-order chi connectivity index (χ1) is 6.31. The molecule has 3 N–H and O–H groups in total. The molecule has 1 rings (SSSR count). The van der Waals surface area contributed by atoms with Gasteiger partial charge >= 0.3 is 0 Å². The van der Waals surface area contributed by atoms with Crippen LogP contribution in [0.2, 0.25) is 0 Å². The highest BCUT2D eigenvalue weighted by molar-refractivity contribution is 7.98. The maximum absolute atomic E-state index is 5.47. The number of nitrogens with one attached hydrogen (secondary N) is 1. The Morgan fingerprint density at radius 3 is 2.92 bits per heavy atom. The van der Waals surface area contributed by atoms with E-state index < -0.39 is 0 Å². The van der Waals surface area contributed by atoms with Gasteiger partial charge in [-0.2, -0.15) is 0 Å². The number of nitrogens with zero attached hydrogens (tertiary/aromatic N) is 2. The van der Waals surface area contributed by atoms with E-state index in [-0.39, 0.29) is 0 Å². The number of nitrogens with two attached hydrogens (primary N) is 1. The molecule has 0 aliphatic carbocycles. The van der Waals surface area contributed by atoms with Crippen LogP contribution in [0.3, 0.4) is 0 Å². The second-order valence-electron chi connectivity index (χ2n) is 2.52. The summed E-state index contributed by atoms with van der Waals surface area (Å²) in [5, 5.41) is 3.82. The molecular formula is C8H14N4S. The Morgan fingerprint density at radius 2 is 2.38 bits per heavy atom. The van der Waals surface area contributed by atoms with Crippen LogP contribution in [0.25, 0.3) is 0 Å². The topological polar surface area (TPSA) is 63.8 Å². The summed E-state index contributed by atoms with van der Waals surface area (Å²) in [7, 11) is 1.85. The maximum atomic E-state index is 5.47. The molecule has 0 saturated heterocycles. The number of anilines is 1. The van der Waals surface area contributed by atoms with Gasteiger partial charge in [0.1, 0.15) is 5.82 Å². The van der Waals surface area contributed by atoms with Crippen molar-refractivity contribution in [1.82, 2.24) is 9.97 Å². The number of rotatable bonds is 4. The molecule has 1 aromatic rings. The second-order valence-corrected chi connectivity index (χ2v) is 3.29. The van der Waals surface area contributed by atoms with Crippen molar-refractivity contribution >= 4 is 17.6 Å². The smallest absolute Gasteiger partial charge is 0.189 e. The third kappa shape index (κ3) is 2.57. The van der Waals surface area contributed by atoms with Crippen LogP contribution in [0.4, 0.5) is 5.82 Å². The van der Waals surface area contributed by atoms with E-state index >= 15 is 0 Å². The molecule has 13 heavy (non-hydrogen) atoms. The zero-order chi connectivity index (χ0) is 9.68. The van der Waals surface area contributed by atoms with Crippen molar-refractivity contribution in [2.45, 2.75) is 11.6 Å². The van der Waals surface area contributed by atoms with Crippen molar-refractivity contribution in [2.24, 2.45) is 5.73 Å². The standard InChI is InChI=1S/C8H14N4S/c1-10-7-6(3-4-9)5-11-8(12-7)13-2/h5H,3-4,9H2,1-2H3,(H,10,11,12). The molecule has 5 heteroatoms. The van der Waals surface area contributed by atoms with E-state index in [0.29, 0.717) is 6.54 Å². The Kier molecular flexibility index (Phi) is 3.98. The Balaban J connectivity index is 2.93. The van der Waals surface area contributed by atoms with Crippen LogP contribution in [0, 0.1) is 0 Å². The van der Waals surface area contributed by atoms with E-state index in [1.165, 1.54) is 11.8 Å². The summed E-state index contributed by atoms with van der Waals surface area (Å²) in [6, 6.07) is 0. The molecule has 0 amide bonds. The number of hydrogen-bond donors (Lipinski definition) is 2. The normalized spacial score (nSPS) is 10.1. The summed E-state index contributed by atoms with van der Waals surface area (Å²) in [6.07, 6.45) is 4.60. The average molecular weight is 198 g/mol. The summed E-state index contributed by atoms with van der Waals surface area (Å²) in [5.74, 6) is 0.879. The highest BCUT2D eigenvalue weighted by Crippen LogP contribution is 2.15. The second kappa shape index (κ2) is 5.04. The van der Waals surface area contributed by atoms with E-state index in [1.807, 2.05) is 19.5 Å². The lowest BCUT2D eigenvalue weighted by molar-refractivity contribution is 0.896. The molecule has 0 radical (unpaired) electrons. The Bertz CT molecular complexity index is 277. The van der Waals surface area contributed by atoms with Gasteiger partial charge in [0.05, 0.1) is 0 Å². The fourth-order valence-corrected chi connectivity index (χ4v) is 1.38. The molecular weight excluding hydrogens is 184 g/mol. The first-order valence-corrected chi connectivity index (χ1v) is 5.32. The minimum Gasteiger partial charge on any atom is -0.373 e. The van der Waals surface area contributed by atoms with Gasteiger partial charge in [0.15, 0.2) is 5.16 Å². The van der Waals surface area contributed by atoms with Gasteiger partial charge in [-0.15, -0.1) is 0 Å². The Morgan fingerprint density at radius 1 is 1.62 bits per heavy atom. The molecule has 0 fully saturated rings. The van der Waals surface area contributed by atoms with Crippen molar-refractivity contribution in [3.8, 4) is 0 Å². The zero-order valence-electron chi connectivity index (χ0n) is 7.87. The molecule has 72 valence electrons. The van der Waals surface area contributed by atoms with Crippen LogP contribution in [-0.2, 0) is 6.42 Å². The van der Waals surface area contributed by atoms with Gasteiger partial charge in [0.2, 0.25) is 0 Å². The summed E-state index contributed by atoms with van der Waals surface area (Å²) in [4.78, 5) is 8.49. The summed E-state index contributed by atoms with van der Waals surface area (Å²) in [6.45, 7) is 0.622. The van der Waals surface area contributed by atoms with E-state index in [0.717, 1.165) is 23.0 Å².